The van der Waals surface area contributed by atoms with Gasteiger partial charge >= 0.3 is 0 Å². The highest BCUT2D eigenvalue weighted by Gasteiger charge is 2.47. The Bertz CT molecular complexity index is 1330. The fourth-order valence-electron chi connectivity index (χ4n) is 4.02. The molecule has 1 aliphatic heterocycles. The van der Waals surface area contributed by atoms with Crippen molar-refractivity contribution in [1.29, 1.82) is 0 Å². The molecule has 1 aromatic carbocycles. The van der Waals surface area contributed by atoms with Crippen molar-refractivity contribution in [2.24, 2.45) is 0 Å². The van der Waals surface area contributed by atoms with Gasteiger partial charge in [-0.3, -0.25) is 14.6 Å². The zero-order valence-corrected chi connectivity index (χ0v) is 16.7. The van der Waals surface area contributed by atoms with E-state index in [4.69, 9.17) is 4.42 Å². The molecular formula is C24H19N3O4. The molecule has 1 aliphatic rings. The number of likely N-dealkylation sites (tertiary alicyclic amines) is 1. The number of H-pyrrole nitrogens is 1. The van der Waals surface area contributed by atoms with Gasteiger partial charge in [0.15, 0.2) is 0 Å². The lowest BCUT2D eigenvalue weighted by Crippen LogP contribution is -2.29. The number of furan rings is 1. The number of aliphatic hydroxyl groups excluding tert-OH is 1. The third-order valence-electron chi connectivity index (χ3n) is 5.47. The summed E-state index contributed by atoms with van der Waals surface area (Å²) in [4.78, 5) is 34.8. The van der Waals surface area contributed by atoms with Crippen LogP contribution in [0.5, 0.6) is 0 Å². The van der Waals surface area contributed by atoms with Crippen LogP contribution in [0, 0.1) is 6.92 Å². The summed E-state index contributed by atoms with van der Waals surface area (Å²) in [6, 6.07) is 15.4. The molecule has 154 valence electrons. The molecule has 3 aromatic heterocycles. The zero-order chi connectivity index (χ0) is 21.5. The van der Waals surface area contributed by atoms with E-state index >= 15 is 0 Å². The van der Waals surface area contributed by atoms with Crippen LogP contribution in [0.2, 0.25) is 0 Å². The van der Waals surface area contributed by atoms with Crippen LogP contribution in [-0.4, -0.2) is 31.7 Å². The van der Waals surface area contributed by atoms with E-state index in [0.717, 1.165) is 10.9 Å². The van der Waals surface area contributed by atoms with E-state index in [-0.39, 0.29) is 17.9 Å². The molecule has 0 aliphatic carbocycles. The first kappa shape index (κ1) is 18.9. The fourth-order valence-corrected chi connectivity index (χ4v) is 4.02. The zero-order valence-electron chi connectivity index (χ0n) is 16.7. The Hall–Kier alpha value is -4.13. The van der Waals surface area contributed by atoms with Gasteiger partial charge in [-0.2, -0.15) is 0 Å². The Morgan fingerprint density at radius 2 is 1.94 bits per heavy atom. The summed E-state index contributed by atoms with van der Waals surface area (Å²) in [5.74, 6) is -0.637. The Kier molecular flexibility index (Phi) is 4.43. The number of hydrogen-bond donors (Lipinski definition) is 2. The fraction of sp³-hybridized carbons (Fsp3) is 0.125. The van der Waals surface area contributed by atoms with Crippen LogP contribution in [0.15, 0.2) is 77.0 Å². The van der Waals surface area contributed by atoms with Crippen LogP contribution >= 0.6 is 0 Å². The molecular weight excluding hydrogens is 394 g/mol. The van der Waals surface area contributed by atoms with Crippen LogP contribution in [0.25, 0.3) is 16.7 Å². The molecule has 1 saturated heterocycles. The molecule has 0 saturated carbocycles. The largest absolute Gasteiger partial charge is 0.507 e. The number of hydrogen-bond acceptors (Lipinski definition) is 5. The van der Waals surface area contributed by atoms with Gasteiger partial charge in [-0.15, -0.1) is 0 Å². The summed E-state index contributed by atoms with van der Waals surface area (Å²) in [7, 11) is 0. The van der Waals surface area contributed by atoms with E-state index in [1.54, 1.807) is 43.6 Å². The van der Waals surface area contributed by atoms with Crippen molar-refractivity contribution in [3.8, 4) is 0 Å². The maximum absolute atomic E-state index is 13.1. The predicted molar refractivity (Wildman–Crippen MR) is 114 cm³/mol. The Morgan fingerprint density at radius 1 is 1.13 bits per heavy atom. The molecule has 0 spiro atoms. The number of carbonyl (C=O) groups is 2. The minimum Gasteiger partial charge on any atom is -0.507 e. The first-order chi connectivity index (χ1) is 15.0. The average Bonchev–Trinajstić information content (AvgIpc) is 3.47. The van der Waals surface area contributed by atoms with Crippen molar-refractivity contribution < 1.29 is 19.1 Å². The van der Waals surface area contributed by atoms with E-state index < -0.39 is 17.7 Å². The molecule has 5 rings (SSSR count). The molecule has 0 bridgehead atoms. The number of amides is 1. The molecule has 1 fully saturated rings. The number of ketones is 1. The summed E-state index contributed by atoms with van der Waals surface area (Å²) < 4.78 is 5.80. The average molecular weight is 413 g/mol. The third-order valence-corrected chi connectivity index (χ3v) is 5.47. The van der Waals surface area contributed by atoms with Crippen molar-refractivity contribution in [2.45, 2.75) is 19.5 Å². The molecule has 1 unspecified atom stereocenters. The number of aliphatic hydroxyl groups is 1. The predicted octanol–water partition coefficient (Wildman–Crippen LogP) is 4.09. The SMILES string of the molecule is Cc1ccc(C2/C(=C(/O)c3c[nH]c4ccccc34)C(=O)C(=O)N2Cc2ccccn2)o1. The summed E-state index contributed by atoms with van der Waals surface area (Å²) in [6.07, 6.45) is 3.26. The lowest BCUT2D eigenvalue weighted by atomic mass is 9.99. The highest BCUT2D eigenvalue weighted by atomic mass is 16.3. The topological polar surface area (TPSA) is 99.4 Å². The molecule has 0 radical (unpaired) electrons. The molecule has 4 aromatic rings. The first-order valence-corrected chi connectivity index (χ1v) is 9.85. The lowest BCUT2D eigenvalue weighted by Gasteiger charge is -2.22. The number of nitrogens with one attached hydrogen (secondary N) is 1. The van der Waals surface area contributed by atoms with Crippen LogP contribution in [0.4, 0.5) is 0 Å². The summed E-state index contributed by atoms with van der Waals surface area (Å²) in [6.45, 7) is 1.90. The number of carbonyl (C=O) groups excluding carboxylic acids is 2. The monoisotopic (exact) mass is 413 g/mol. The van der Waals surface area contributed by atoms with Crippen molar-refractivity contribution in [3.63, 3.8) is 0 Å². The Labute approximate surface area is 177 Å². The number of fused-ring (bicyclic) bond motifs is 1. The standard InChI is InChI=1S/C24H19N3O4/c1-14-9-10-19(31-14)21-20(22(28)17-12-26-18-8-3-2-7-16(17)18)23(29)24(30)27(21)13-15-6-4-5-11-25-15/h2-12,21,26,28H,13H2,1H3/b22-20-. The van der Waals surface area contributed by atoms with Crippen molar-refractivity contribution >= 4 is 28.4 Å². The van der Waals surface area contributed by atoms with Crippen molar-refractivity contribution in [3.05, 3.63) is 95.3 Å². The van der Waals surface area contributed by atoms with E-state index in [9.17, 15) is 14.7 Å². The molecule has 1 amide bonds. The van der Waals surface area contributed by atoms with E-state index in [1.807, 2.05) is 30.3 Å². The summed E-state index contributed by atoms with van der Waals surface area (Å²) in [5.41, 5.74) is 1.90. The van der Waals surface area contributed by atoms with E-state index in [0.29, 0.717) is 22.8 Å². The Morgan fingerprint density at radius 3 is 2.68 bits per heavy atom. The van der Waals surface area contributed by atoms with Gasteiger partial charge < -0.3 is 19.4 Å². The quantitative estimate of drug-likeness (QED) is 0.298. The van der Waals surface area contributed by atoms with E-state index in [2.05, 4.69) is 9.97 Å². The van der Waals surface area contributed by atoms with Crippen LogP contribution < -0.4 is 0 Å². The van der Waals surface area contributed by atoms with Gasteiger partial charge in [0, 0.05) is 28.9 Å². The highest BCUT2D eigenvalue weighted by Crippen LogP contribution is 2.41. The number of nitrogens with zero attached hydrogens (tertiary/aromatic N) is 2. The second-order valence-corrected chi connectivity index (χ2v) is 7.44. The number of rotatable bonds is 4. The normalized spacial score (nSPS) is 18.2. The summed E-state index contributed by atoms with van der Waals surface area (Å²) >= 11 is 0. The van der Waals surface area contributed by atoms with E-state index in [1.165, 1.54) is 4.90 Å². The van der Waals surface area contributed by atoms with Crippen molar-refractivity contribution in [2.75, 3.05) is 0 Å². The number of para-hydroxylation sites is 1. The molecule has 7 heteroatoms. The van der Waals surface area contributed by atoms with Gasteiger partial charge in [0.2, 0.25) is 0 Å². The van der Waals surface area contributed by atoms with Crippen molar-refractivity contribution in [1.82, 2.24) is 14.9 Å². The van der Waals surface area contributed by atoms with Crippen LogP contribution in [0.1, 0.15) is 28.8 Å². The maximum Gasteiger partial charge on any atom is 0.296 e. The Balaban J connectivity index is 1.68. The number of aromatic amines is 1. The number of Topliss-reactive ketones (excluding diaryl/α,β-unsaturated/α-hetero) is 1. The van der Waals surface area contributed by atoms with Gasteiger partial charge in [-0.25, -0.2) is 0 Å². The molecule has 31 heavy (non-hydrogen) atoms. The maximum atomic E-state index is 13.1. The smallest absolute Gasteiger partial charge is 0.296 e. The highest BCUT2D eigenvalue weighted by molar-refractivity contribution is 6.46. The number of pyridine rings is 1. The van der Waals surface area contributed by atoms with Crippen LogP contribution in [-0.2, 0) is 16.1 Å². The first-order valence-electron chi connectivity index (χ1n) is 9.85. The molecule has 2 N–H and O–H groups in total. The van der Waals surface area contributed by atoms with Gasteiger partial charge in [-0.1, -0.05) is 24.3 Å². The molecule has 4 heterocycles. The van der Waals surface area contributed by atoms with Crippen LogP contribution in [0.3, 0.4) is 0 Å². The minimum atomic E-state index is -0.857. The van der Waals surface area contributed by atoms with Gasteiger partial charge in [0.25, 0.3) is 11.7 Å². The minimum absolute atomic E-state index is 0.0000317. The second-order valence-electron chi connectivity index (χ2n) is 7.44. The molecule has 1 atom stereocenters. The van der Waals surface area contributed by atoms with Gasteiger partial charge in [0.1, 0.15) is 23.3 Å². The second kappa shape index (κ2) is 7.28. The number of aromatic nitrogens is 2. The summed E-state index contributed by atoms with van der Waals surface area (Å²) in [5, 5.41) is 12.0. The number of aryl methyl sites for hydroxylation is 1. The number of benzene rings is 1. The van der Waals surface area contributed by atoms with Gasteiger partial charge in [-0.05, 0) is 37.3 Å². The molecule has 7 nitrogen and oxygen atoms in total. The lowest BCUT2D eigenvalue weighted by molar-refractivity contribution is -0.140. The third kappa shape index (κ3) is 3.11. The van der Waals surface area contributed by atoms with Gasteiger partial charge in [0.05, 0.1) is 17.8 Å².